The van der Waals surface area contributed by atoms with Gasteiger partial charge in [0, 0.05) is 19.8 Å². The molecular formula is C15H22N2O3. The van der Waals surface area contributed by atoms with Gasteiger partial charge in [0.2, 0.25) is 5.91 Å². The van der Waals surface area contributed by atoms with E-state index in [0.29, 0.717) is 5.69 Å². The number of para-hydroxylation sites is 1. The quantitative estimate of drug-likeness (QED) is 0.853. The molecule has 5 nitrogen and oxygen atoms in total. The number of carbonyl (C=O) groups excluding carboxylic acids is 2. The topological polar surface area (TPSA) is 49.9 Å². The van der Waals surface area contributed by atoms with E-state index in [0.717, 1.165) is 0 Å². The highest BCUT2D eigenvalue weighted by molar-refractivity contribution is 5.94. The maximum absolute atomic E-state index is 12.3. The number of carbonyl (C=O) groups is 2. The Morgan fingerprint density at radius 1 is 1.10 bits per heavy atom. The summed E-state index contributed by atoms with van der Waals surface area (Å²) in [5, 5.41) is 0. The van der Waals surface area contributed by atoms with Gasteiger partial charge in [-0.2, -0.15) is 0 Å². The minimum atomic E-state index is -0.606. The molecule has 1 aromatic carbocycles. The van der Waals surface area contributed by atoms with Gasteiger partial charge in [-0.1, -0.05) is 18.2 Å². The molecule has 1 rings (SSSR count). The second-order valence-corrected chi connectivity index (χ2v) is 5.69. The van der Waals surface area contributed by atoms with E-state index in [4.69, 9.17) is 4.74 Å². The SMILES string of the molecule is CN(C)C(=O)CN(C(=O)OC(C)(C)C)c1ccccc1. The van der Waals surface area contributed by atoms with E-state index < -0.39 is 11.7 Å². The lowest BCUT2D eigenvalue weighted by atomic mass is 10.2. The summed E-state index contributed by atoms with van der Waals surface area (Å²) in [6.45, 7) is 5.33. The first-order valence-electron chi connectivity index (χ1n) is 6.46. The van der Waals surface area contributed by atoms with E-state index in [-0.39, 0.29) is 12.5 Å². The van der Waals surface area contributed by atoms with E-state index >= 15 is 0 Å². The van der Waals surface area contributed by atoms with Crippen LogP contribution in [0.25, 0.3) is 0 Å². The van der Waals surface area contributed by atoms with Crippen LogP contribution in [0.4, 0.5) is 10.5 Å². The van der Waals surface area contributed by atoms with Crippen molar-refractivity contribution in [3.8, 4) is 0 Å². The maximum atomic E-state index is 12.3. The van der Waals surface area contributed by atoms with Gasteiger partial charge in [0.05, 0.1) is 0 Å². The van der Waals surface area contributed by atoms with Gasteiger partial charge in [0.1, 0.15) is 12.1 Å². The van der Waals surface area contributed by atoms with Crippen LogP contribution in [0.5, 0.6) is 0 Å². The molecule has 0 heterocycles. The van der Waals surface area contributed by atoms with Crippen LogP contribution in [0, 0.1) is 0 Å². The van der Waals surface area contributed by atoms with Crippen molar-refractivity contribution in [1.82, 2.24) is 4.90 Å². The van der Waals surface area contributed by atoms with Crippen LogP contribution in [-0.4, -0.2) is 43.1 Å². The Morgan fingerprint density at radius 3 is 2.10 bits per heavy atom. The van der Waals surface area contributed by atoms with Crippen molar-refractivity contribution in [2.24, 2.45) is 0 Å². The Morgan fingerprint density at radius 2 is 1.65 bits per heavy atom. The summed E-state index contributed by atoms with van der Waals surface area (Å²) in [6.07, 6.45) is -0.529. The third kappa shape index (κ3) is 4.91. The Bertz CT molecular complexity index is 464. The summed E-state index contributed by atoms with van der Waals surface area (Å²) in [6, 6.07) is 9.02. The molecule has 0 atom stereocenters. The van der Waals surface area contributed by atoms with Crippen LogP contribution in [0.2, 0.25) is 0 Å². The van der Waals surface area contributed by atoms with Crippen molar-refractivity contribution in [2.45, 2.75) is 26.4 Å². The van der Waals surface area contributed by atoms with Crippen LogP contribution in [0.15, 0.2) is 30.3 Å². The molecule has 0 spiro atoms. The molecule has 0 saturated carbocycles. The molecule has 0 aliphatic rings. The van der Waals surface area contributed by atoms with Gasteiger partial charge in [-0.05, 0) is 32.9 Å². The second kappa shape index (κ2) is 6.41. The smallest absolute Gasteiger partial charge is 0.415 e. The van der Waals surface area contributed by atoms with E-state index in [1.165, 1.54) is 9.80 Å². The van der Waals surface area contributed by atoms with Gasteiger partial charge in [-0.25, -0.2) is 4.79 Å². The number of benzene rings is 1. The summed E-state index contributed by atoms with van der Waals surface area (Å²) in [5.41, 5.74) is 0.0302. The lowest BCUT2D eigenvalue weighted by Crippen LogP contribution is -2.43. The molecular weight excluding hydrogens is 256 g/mol. The zero-order chi connectivity index (χ0) is 15.3. The monoisotopic (exact) mass is 278 g/mol. The first-order chi connectivity index (χ1) is 9.20. The molecule has 0 aliphatic carbocycles. The number of anilines is 1. The Balaban J connectivity index is 2.96. The summed E-state index contributed by atoms with van der Waals surface area (Å²) >= 11 is 0. The first kappa shape index (κ1) is 16.0. The fraction of sp³-hybridized carbons (Fsp3) is 0.467. The zero-order valence-corrected chi connectivity index (χ0v) is 12.7. The average molecular weight is 278 g/mol. The average Bonchev–Trinajstić information content (AvgIpc) is 2.34. The molecule has 2 amide bonds. The van der Waals surface area contributed by atoms with Gasteiger partial charge in [0.15, 0.2) is 0 Å². The number of likely N-dealkylation sites (N-methyl/N-ethyl adjacent to an activating group) is 1. The van der Waals surface area contributed by atoms with Crippen LogP contribution in [0.1, 0.15) is 20.8 Å². The first-order valence-corrected chi connectivity index (χ1v) is 6.46. The second-order valence-electron chi connectivity index (χ2n) is 5.69. The molecule has 0 N–H and O–H groups in total. The minimum absolute atomic E-state index is 0.0497. The molecule has 0 aromatic heterocycles. The van der Waals surface area contributed by atoms with Crippen LogP contribution in [-0.2, 0) is 9.53 Å². The third-order valence-corrected chi connectivity index (χ3v) is 2.47. The van der Waals surface area contributed by atoms with Crippen LogP contribution >= 0.6 is 0 Å². The lowest BCUT2D eigenvalue weighted by Gasteiger charge is -2.27. The number of ether oxygens (including phenoxy) is 1. The third-order valence-electron chi connectivity index (χ3n) is 2.47. The molecule has 1 aromatic rings. The summed E-state index contributed by atoms with van der Waals surface area (Å²) in [5.74, 6) is -0.167. The van der Waals surface area contributed by atoms with Crippen molar-refractivity contribution in [3.63, 3.8) is 0 Å². The highest BCUT2D eigenvalue weighted by Gasteiger charge is 2.25. The molecule has 0 bridgehead atoms. The molecule has 0 aliphatic heterocycles. The molecule has 0 radical (unpaired) electrons. The van der Waals surface area contributed by atoms with Crippen LogP contribution in [0.3, 0.4) is 0 Å². The maximum Gasteiger partial charge on any atom is 0.415 e. The van der Waals surface area contributed by atoms with Gasteiger partial charge in [0.25, 0.3) is 0 Å². The van der Waals surface area contributed by atoms with Gasteiger partial charge >= 0.3 is 6.09 Å². The van der Waals surface area contributed by atoms with Gasteiger partial charge < -0.3 is 9.64 Å². The lowest BCUT2D eigenvalue weighted by molar-refractivity contribution is -0.127. The standard InChI is InChI=1S/C15H22N2O3/c1-15(2,3)20-14(19)17(11-13(18)16(4)5)12-9-7-6-8-10-12/h6-10H,11H2,1-5H3. The van der Waals surface area contributed by atoms with E-state index in [1.807, 2.05) is 18.2 Å². The molecule has 5 heteroatoms. The number of rotatable bonds is 3. The van der Waals surface area contributed by atoms with Crippen molar-refractivity contribution in [1.29, 1.82) is 0 Å². The molecule has 20 heavy (non-hydrogen) atoms. The molecule has 110 valence electrons. The van der Waals surface area contributed by atoms with Crippen molar-refractivity contribution in [3.05, 3.63) is 30.3 Å². The highest BCUT2D eigenvalue weighted by atomic mass is 16.6. The van der Waals surface area contributed by atoms with Crippen molar-refractivity contribution >= 4 is 17.7 Å². The number of nitrogens with zero attached hydrogens (tertiary/aromatic N) is 2. The van der Waals surface area contributed by atoms with E-state index in [9.17, 15) is 9.59 Å². The van der Waals surface area contributed by atoms with Gasteiger partial charge in [-0.15, -0.1) is 0 Å². The van der Waals surface area contributed by atoms with Crippen molar-refractivity contribution in [2.75, 3.05) is 25.5 Å². The van der Waals surface area contributed by atoms with E-state index in [2.05, 4.69) is 0 Å². The normalized spacial score (nSPS) is 10.8. The highest BCUT2D eigenvalue weighted by Crippen LogP contribution is 2.17. The summed E-state index contributed by atoms with van der Waals surface area (Å²) in [4.78, 5) is 26.9. The Hall–Kier alpha value is -2.04. The Kier molecular flexibility index (Phi) is 5.13. The van der Waals surface area contributed by atoms with Crippen LogP contribution < -0.4 is 4.90 Å². The summed E-state index contributed by atoms with van der Waals surface area (Å²) in [7, 11) is 3.31. The van der Waals surface area contributed by atoms with E-state index in [1.54, 1.807) is 47.0 Å². The molecule has 0 unspecified atom stereocenters. The number of hydrogen-bond acceptors (Lipinski definition) is 3. The zero-order valence-electron chi connectivity index (χ0n) is 12.7. The fourth-order valence-corrected chi connectivity index (χ4v) is 1.46. The number of hydrogen-bond donors (Lipinski definition) is 0. The largest absolute Gasteiger partial charge is 0.443 e. The molecule has 0 saturated heterocycles. The predicted octanol–water partition coefficient (Wildman–Crippen LogP) is 2.52. The Labute approximate surface area is 120 Å². The number of amides is 2. The molecule has 0 fully saturated rings. The predicted molar refractivity (Wildman–Crippen MR) is 78.7 cm³/mol. The minimum Gasteiger partial charge on any atom is -0.443 e. The van der Waals surface area contributed by atoms with Crippen molar-refractivity contribution < 1.29 is 14.3 Å². The fourth-order valence-electron chi connectivity index (χ4n) is 1.46. The summed E-state index contributed by atoms with van der Waals surface area (Å²) < 4.78 is 5.35. The van der Waals surface area contributed by atoms with Gasteiger partial charge in [-0.3, -0.25) is 9.69 Å².